The van der Waals surface area contributed by atoms with Crippen LogP contribution in [-0.4, -0.2) is 41.0 Å². The fraction of sp³-hybridized carbons (Fsp3) is 0.364. The largest absolute Gasteiger partial charge is 0.416 e. The van der Waals surface area contributed by atoms with Crippen molar-refractivity contribution in [2.24, 2.45) is 11.8 Å². The van der Waals surface area contributed by atoms with Crippen LogP contribution in [0.1, 0.15) is 11.1 Å². The van der Waals surface area contributed by atoms with E-state index in [1.54, 1.807) is 18.2 Å². The van der Waals surface area contributed by atoms with Crippen molar-refractivity contribution in [3.8, 4) is 0 Å². The summed E-state index contributed by atoms with van der Waals surface area (Å²) in [5, 5.41) is 12.6. The number of anilines is 1. The minimum absolute atomic E-state index is 0.106. The highest BCUT2D eigenvalue weighted by Gasteiger charge is 2.41. The number of alkyl halides is 3. The van der Waals surface area contributed by atoms with Gasteiger partial charge >= 0.3 is 6.18 Å². The number of fused-ring (bicyclic) bond motifs is 2. The minimum atomic E-state index is -4.82. The van der Waals surface area contributed by atoms with Crippen LogP contribution < -0.4 is 10.5 Å². The van der Waals surface area contributed by atoms with Crippen LogP contribution in [0.25, 0.3) is 10.1 Å². The molecule has 2 unspecified atom stereocenters. The zero-order valence-electron chi connectivity index (χ0n) is 17.9. The fourth-order valence-corrected chi connectivity index (χ4v) is 6.46. The first kappa shape index (κ1) is 24.2. The molecule has 2 atom stereocenters. The van der Waals surface area contributed by atoms with Crippen LogP contribution >= 0.6 is 34.5 Å². The highest BCUT2D eigenvalue weighted by molar-refractivity contribution is 7.22. The summed E-state index contributed by atoms with van der Waals surface area (Å²) in [6.45, 7) is 3.34. The number of aromatic nitrogens is 1. The van der Waals surface area contributed by atoms with E-state index in [9.17, 15) is 28.1 Å². The van der Waals surface area contributed by atoms with Crippen molar-refractivity contribution in [2.45, 2.75) is 12.7 Å². The Morgan fingerprint density at radius 3 is 2.31 bits per heavy atom. The van der Waals surface area contributed by atoms with Gasteiger partial charge in [-0.05, 0) is 30.0 Å². The molecule has 1 aromatic heterocycles. The predicted octanol–water partition coefficient (Wildman–Crippen LogP) is 5.46. The normalized spacial score (nSPS) is 20.5. The van der Waals surface area contributed by atoms with Gasteiger partial charge in [-0.2, -0.15) is 18.2 Å². The number of hydrogen-bond acceptors (Lipinski definition) is 7. The lowest BCUT2D eigenvalue weighted by Gasteiger charge is -2.22. The second-order valence-electron chi connectivity index (χ2n) is 8.75. The van der Waals surface area contributed by atoms with Crippen LogP contribution in [0.2, 0.25) is 10.0 Å². The van der Waals surface area contributed by atoms with Crippen LogP contribution in [0.15, 0.2) is 35.1 Å². The summed E-state index contributed by atoms with van der Waals surface area (Å²) in [6.07, 6.45) is -4.82. The van der Waals surface area contributed by atoms with E-state index in [2.05, 4.69) is 9.88 Å². The lowest BCUT2D eigenvalue weighted by Crippen LogP contribution is -2.29. The Bertz CT molecular complexity index is 1370. The summed E-state index contributed by atoms with van der Waals surface area (Å²) >= 11 is 13.5. The van der Waals surface area contributed by atoms with Crippen LogP contribution in [0.3, 0.4) is 0 Å². The number of nitro benzene ring substituents is 1. The molecule has 2 fully saturated rings. The van der Waals surface area contributed by atoms with Gasteiger partial charge in [0.05, 0.1) is 15.9 Å². The Labute approximate surface area is 210 Å². The Morgan fingerprint density at radius 2 is 1.74 bits per heavy atom. The van der Waals surface area contributed by atoms with E-state index in [0.29, 0.717) is 41.8 Å². The predicted molar refractivity (Wildman–Crippen MR) is 128 cm³/mol. The van der Waals surface area contributed by atoms with E-state index in [4.69, 9.17) is 23.2 Å². The van der Waals surface area contributed by atoms with Crippen LogP contribution in [0.4, 0.5) is 24.0 Å². The van der Waals surface area contributed by atoms with E-state index in [0.717, 1.165) is 30.0 Å². The second kappa shape index (κ2) is 8.88. The Balaban J connectivity index is 1.39. The highest BCUT2D eigenvalue weighted by Crippen LogP contribution is 2.41. The number of nitro groups is 1. The lowest BCUT2D eigenvalue weighted by molar-refractivity contribution is -0.383. The molecular formula is C22H17Cl2F3N4O3S. The first-order chi connectivity index (χ1) is 16.5. The second-order valence-corrected chi connectivity index (χ2v) is 10.5. The average Bonchev–Trinajstić information content (AvgIpc) is 3.34. The monoisotopic (exact) mass is 544 g/mol. The maximum absolute atomic E-state index is 13.2. The molecule has 184 valence electrons. The van der Waals surface area contributed by atoms with Crippen molar-refractivity contribution in [2.75, 3.05) is 31.1 Å². The number of non-ortho nitro benzene ring substituents is 1. The third kappa shape index (κ3) is 4.57. The Kier molecular flexibility index (Phi) is 6.15. The van der Waals surface area contributed by atoms with Gasteiger partial charge in [0.25, 0.3) is 11.2 Å². The van der Waals surface area contributed by atoms with Crippen molar-refractivity contribution in [3.63, 3.8) is 0 Å². The molecule has 2 aliphatic rings. The molecule has 2 aliphatic heterocycles. The summed E-state index contributed by atoms with van der Waals surface area (Å²) in [5.41, 5.74) is -2.03. The summed E-state index contributed by atoms with van der Waals surface area (Å²) in [6, 6.07) is 6.49. The molecule has 0 N–H and O–H groups in total. The average molecular weight is 545 g/mol. The lowest BCUT2D eigenvalue weighted by atomic mass is 10.0. The van der Waals surface area contributed by atoms with Crippen molar-refractivity contribution in [3.05, 3.63) is 72.0 Å². The number of likely N-dealkylation sites (tertiary alicyclic amines) is 1. The Hall–Kier alpha value is -2.47. The summed E-state index contributed by atoms with van der Waals surface area (Å²) in [4.78, 5) is 31.4. The Morgan fingerprint density at radius 1 is 1.11 bits per heavy atom. The quantitative estimate of drug-likeness (QED) is 0.320. The van der Waals surface area contributed by atoms with Gasteiger partial charge in [-0.1, -0.05) is 40.6 Å². The van der Waals surface area contributed by atoms with Crippen molar-refractivity contribution in [1.29, 1.82) is 0 Å². The first-order valence-electron chi connectivity index (χ1n) is 10.6. The first-order valence-corrected chi connectivity index (χ1v) is 12.2. The van der Waals surface area contributed by atoms with Crippen molar-refractivity contribution < 1.29 is 18.1 Å². The summed E-state index contributed by atoms with van der Waals surface area (Å²) in [7, 11) is 0. The standard InChI is InChI=1S/C22H17Cl2F3N4O3S/c23-16-2-1-3-17(24)15(16)10-29-6-11-8-30(9-12(11)7-29)21-28-20(32)14-4-13(22(25,26)27)5-18(31(33)34)19(14)35-21/h1-5,11-12H,6-10H2. The van der Waals surface area contributed by atoms with E-state index < -0.39 is 33.3 Å². The number of halogens is 5. The van der Waals surface area contributed by atoms with Crippen molar-refractivity contribution >= 4 is 55.4 Å². The SMILES string of the molecule is O=c1nc(N2CC3CN(Cc4c(Cl)cccc4Cl)CC3C2)sc2c([N+](=O)[O-])cc(C(F)(F)F)cc12. The topological polar surface area (TPSA) is 79.6 Å². The van der Waals surface area contributed by atoms with Gasteiger partial charge in [0.2, 0.25) is 0 Å². The molecule has 5 rings (SSSR count). The molecular weight excluding hydrogens is 528 g/mol. The van der Waals surface area contributed by atoms with E-state index in [1.807, 2.05) is 4.90 Å². The van der Waals surface area contributed by atoms with Crippen LogP contribution in [0, 0.1) is 22.0 Å². The molecule has 3 aromatic rings. The van der Waals surface area contributed by atoms with Gasteiger partial charge in [0, 0.05) is 54.4 Å². The third-order valence-corrected chi connectivity index (χ3v) is 8.36. The van der Waals surface area contributed by atoms with E-state index >= 15 is 0 Å². The fourth-order valence-electron chi connectivity index (χ4n) is 4.86. The van der Waals surface area contributed by atoms with Gasteiger partial charge in [-0.15, -0.1) is 0 Å². The van der Waals surface area contributed by atoms with E-state index in [-0.39, 0.29) is 21.7 Å². The molecule has 2 aromatic carbocycles. The molecule has 0 spiro atoms. The molecule has 0 saturated carbocycles. The highest BCUT2D eigenvalue weighted by atomic mass is 35.5. The van der Waals surface area contributed by atoms with Gasteiger partial charge in [0.15, 0.2) is 5.13 Å². The maximum atomic E-state index is 13.2. The smallest absolute Gasteiger partial charge is 0.347 e. The molecule has 13 heteroatoms. The summed E-state index contributed by atoms with van der Waals surface area (Å²) in [5.74, 6) is 0.553. The van der Waals surface area contributed by atoms with Gasteiger partial charge in [0.1, 0.15) is 4.70 Å². The third-order valence-electron chi connectivity index (χ3n) is 6.49. The molecule has 0 amide bonds. The molecule has 3 heterocycles. The van der Waals surface area contributed by atoms with E-state index in [1.165, 1.54) is 0 Å². The minimum Gasteiger partial charge on any atom is -0.347 e. The molecule has 7 nitrogen and oxygen atoms in total. The molecule has 0 radical (unpaired) electrons. The van der Waals surface area contributed by atoms with Gasteiger partial charge < -0.3 is 4.90 Å². The number of benzene rings is 2. The zero-order chi connectivity index (χ0) is 25.1. The molecule has 0 aliphatic carbocycles. The van der Waals surface area contributed by atoms with Crippen molar-refractivity contribution in [1.82, 2.24) is 9.88 Å². The van der Waals surface area contributed by atoms with Gasteiger partial charge in [-0.3, -0.25) is 19.8 Å². The maximum Gasteiger partial charge on any atom is 0.416 e. The molecule has 35 heavy (non-hydrogen) atoms. The number of rotatable bonds is 4. The van der Waals surface area contributed by atoms with Gasteiger partial charge in [-0.25, -0.2) is 0 Å². The number of hydrogen-bond donors (Lipinski definition) is 0. The molecule has 2 saturated heterocycles. The molecule has 0 bridgehead atoms. The number of nitrogens with zero attached hydrogens (tertiary/aromatic N) is 4. The van der Waals surface area contributed by atoms with Crippen LogP contribution in [-0.2, 0) is 12.7 Å². The summed E-state index contributed by atoms with van der Waals surface area (Å²) < 4.78 is 39.5. The zero-order valence-corrected chi connectivity index (χ0v) is 20.2. The van der Waals surface area contributed by atoms with Crippen LogP contribution in [0.5, 0.6) is 0 Å².